The van der Waals surface area contributed by atoms with Crippen molar-refractivity contribution in [1.82, 2.24) is 0 Å². The van der Waals surface area contributed by atoms with Crippen LogP contribution in [0.4, 0.5) is 11.4 Å². The van der Waals surface area contributed by atoms with Crippen molar-refractivity contribution in [2.45, 2.75) is 12.3 Å². The monoisotopic (exact) mass is 332 g/mol. The molecule has 2 aromatic rings. The Morgan fingerprint density at radius 1 is 1.33 bits per heavy atom. The highest BCUT2D eigenvalue weighted by molar-refractivity contribution is 5.77. The van der Waals surface area contributed by atoms with Gasteiger partial charge in [-0.15, -0.1) is 0 Å². The molecule has 126 valence electrons. The molecule has 0 heterocycles. The Bertz CT molecular complexity index is 773. The van der Waals surface area contributed by atoms with Gasteiger partial charge in [0.05, 0.1) is 18.0 Å². The Balaban J connectivity index is 2.43. The van der Waals surface area contributed by atoms with Crippen LogP contribution in [0.5, 0.6) is 11.5 Å². The molecular weight excluding hydrogens is 316 g/mol. The number of hydrogen-bond acceptors (Lipinski definition) is 6. The number of methoxy groups -OCH3 is 1. The number of hydrogen-bond donors (Lipinski definition) is 3. The second kappa shape index (κ2) is 6.86. The molecule has 0 spiro atoms. The number of carboxylic acid groups (broad SMARTS) is 1. The van der Waals surface area contributed by atoms with Crippen molar-refractivity contribution in [3.8, 4) is 11.5 Å². The SMILES string of the molecule is COc1cc(CC(C(=O)O)c2ccc(N)cc2)cc([N+](=O)[O-])c1O. The molecule has 4 N–H and O–H groups in total. The number of nitro benzene ring substituents is 1. The molecule has 0 saturated carbocycles. The quantitative estimate of drug-likeness (QED) is 0.419. The third kappa shape index (κ3) is 3.54. The molecule has 0 aromatic heterocycles. The number of nitrogens with two attached hydrogens (primary N) is 1. The van der Waals surface area contributed by atoms with Crippen molar-refractivity contribution in [2.75, 3.05) is 12.8 Å². The number of nitro groups is 1. The van der Waals surface area contributed by atoms with E-state index in [0.717, 1.165) is 6.07 Å². The predicted octanol–water partition coefficient (Wildman–Crippen LogP) is 2.30. The van der Waals surface area contributed by atoms with Crippen LogP contribution in [0.15, 0.2) is 36.4 Å². The number of phenolic OH excluding ortho intramolecular Hbond substituents is 1. The van der Waals surface area contributed by atoms with Crippen LogP contribution in [-0.2, 0) is 11.2 Å². The van der Waals surface area contributed by atoms with Gasteiger partial charge in [-0.1, -0.05) is 12.1 Å². The molecule has 24 heavy (non-hydrogen) atoms. The van der Waals surface area contributed by atoms with Gasteiger partial charge >= 0.3 is 11.7 Å². The molecule has 0 saturated heterocycles. The molecule has 1 atom stereocenters. The van der Waals surface area contributed by atoms with Gasteiger partial charge in [0.1, 0.15) is 0 Å². The zero-order valence-corrected chi connectivity index (χ0v) is 12.8. The van der Waals surface area contributed by atoms with Crippen LogP contribution in [0.25, 0.3) is 0 Å². The molecular formula is C16H16N2O6. The average Bonchev–Trinajstić information content (AvgIpc) is 2.54. The zero-order chi connectivity index (χ0) is 17.9. The van der Waals surface area contributed by atoms with Gasteiger partial charge in [0.25, 0.3) is 0 Å². The van der Waals surface area contributed by atoms with Gasteiger partial charge in [0.2, 0.25) is 5.75 Å². The van der Waals surface area contributed by atoms with E-state index in [1.807, 2.05) is 0 Å². The first-order chi connectivity index (χ1) is 11.3. The number of carboxylic acids is 1. The van der Waals surface area contributed by atoms with Crippen molar-refractivity contribution in [3.05, 3.63) is 57.6 Å². The Hall–Kier alpha value is -3.29. The second-order valence-corrected chi connectivity index (χ2v) is 5.18. The summed E-state index contributed by atoms with van der Waals surface area (Å²) in [6.07, 6.45) is -0.00324. The van der Waals surface area contributed by atoms with Crippen LogP contribution >= 0.6 is 0 Å². The average molecular weight is 332 g/mol. The lowest BCUT2D eigenvalue weighted by molar-refractivity contribution is -0.386. The molecule has 8 nitrogen and oxygen atoms in total. The van der Waals surface area contributed by atoms with E-state index in [-0.39, 0.29) is 12.2 Å². The van der Waals surface area contributed by atoms with Crippen LogP contribution in [0.2, 0.25) is 0 Å². The van der Waals surface area contributed by atoms with Gasteiger partial charge in [-0.25, -0.2) is 0 Å². The molecule has 0 radical (unpaired) electrons. The van der Waals surface area contributed by atoms with E-state index in [1.165, 1.54) is 13.2 Å². The van der Waals surface area contributed by atoms with Crippen LogP contribution in [-0.4, -0.2) is 28.2 Å². The first-order valence-corrected chi connectivity index (χ1v) is 6.96. The van der Waals surface area contributed by atoms with E-state index in [2.05, 4.69) is 0 Å². The van der Waals surface area contributed by atoms with Crippen LogP contribution in [0, 0.1) is 10.1 Å². The maximum absolute atomic E-state index is 11.6. The minimum atomic E-state index is -1.07. The van der Waals surface area contributed by atoms with Gasteiger partial charge in [-0.2, -0.15) is 0 Å². The van der Waals surface area contributed by atoms with Gasteiger partial charge in [0.15, 0.2) is 5.75 Å². The number of aliphatic carboxylic acids is 1. The van der Waals surface area contributed by atoms with Crippen LogP contribution < -0.4 is 10.5 Å². The van der Waals surface area contributed by atoms with Crippen LogP contribution in [0.1, 0.15) is 17.0 Å². The number of ether oxygens (including phenoxy) is 1. The number of phenols is 1. The lowest BCUT2D eigenvalue weighted by Gasteiger charge is -2.14. The lowest BCUT2D eigenvalue weighted by Crippen LogP contribution is -2.14. The second-order valence-electron chi connectivity index (χ2n) is 5.18. The zero-order valence-electron chi connectivity index (χ0n) is 12.8. The first kappa shape index (κ1) is 17.1. The largest absolute Gasteiger partial charge is 0.500 e. The number of nitrogens with zero attached hydrogens (tertiary/aromatic N) is 1. The Labute approximate surface area is 137 Å². The number of aromatic hydroxyl groups is 1. The molecule has 0 amide bonds. The molecule has 0 fully saturated rings. The predicted molar refractivity (Wildman–Crippen MR) is 86.2 cm³/mol. The summed E-state index contributed by atoms with van der Waals surface area (Å²) in [6, 6.07) is 8.90. The minimum Gasteiger partial charge on any atom is -0.500 e. The summed E-state index contributed by atoms with van der Waals surface area (Å²) >= 11 is 0. The summed E-state index contributed by atoms with van der Waals surface area (Å²) in [7, 11) is 1.26. The summed E-state index contributed by atoms with van der Waals surface area (Å²) in [4.78, 5) is 21.9. The maximum atomic E-state index is 11.6. The molecule has 8 heteroatoms. The number of rotatable bonds is 6. The number of carbonyl (C=O) groups is 1. The molecule has 0 aliphatic rings. The summed E-state index contributed by atoms with van der Waals surface area (Å²) in [6.45, 7) is 0. The van der Waals surface area contributed by atoms with E-state index in [9.17, 15) is 25.1 Å². The Morgan fingerprint density at radius 2 is 1.96 bits per heavy atom. The highest BCUT2D eigenvalue weighted by atomic mass is 16.6. The third-order valence-corrected chi connectivity index (χ3v) is 3.61. The first-order valence-electron chi connectivity index (χ1n) is 6.96. The van der Waals surface area contributed by atoms with Gasteiger partial charge in [0, 0.05) is 11.8 Å². The van der Waals surface area contributed by atoms with Crippen molar-refractivity contribution in [1.29, 1.82) is 0 Å². The topological polar surface area (TPSA) is 136 Å². The van der Waals surface area contributed by atoms with E-state index in [4.69, 9.17) is 10.5 Å². The highest BCUT2D eigenvalue weighted by Gasteiger charge is 2.25. The molecule has 0 aliphatic carbocycles. The summed E-state index contributed by atoms with van der Waals surface area (Å²) in [5.74, 6) is -2.67. The fourth-order valence-corrected chi connectivity index (χ4v) is 2.37. The molecule has 2 rings (SSSR count). The summed E-state index contributed by atoms with van der Waals surface area (Å²) < 4.78 is 4.92. The standard InChI is InChI=1S/C16H16N2O6/c1-24-14-8-9(7-13(15(14)19)18(22)23)6-12(16(20)21)10-2-4-11(17)5-3-10/h2-5,7-8,12,19H,6,17H2,1H3,(H,20,21). The number of anilines is 1. The van der Waals surface area contributed by atoms with E-state index in [0.29, 0.717) is 16.8 Å². The Morgan fingerprint density at radius 3 is 2.46 bits per heavy atom. The normalized spacial score (nSPS) is 11.7. The lowest BCUT2D eigenvalue weighted by atomic mass is 9.91. The highest BCUT2D eigenvalue weighted by Crippen LogP contribution is 2.38. The van der Waals surface area contributed by atoms with E-state index >= 15 is 0 Å². The van der Waals surface area contributed by atoms with E-state index in [1.54, 1.807) is 24.3 Å². The van der Waals surface area contributed by atoms with Gasteiger partial charge in [-0.3, -0.25) is 14.9 Å². The molecule has 1 unspecified atom stereocenters. The molecule has 0 aliphatic heterocycles. The third-order valence-electron chi connectivity index (χ3n) is 3.61. The minimum absolute atomic E-state index is 0.00324. The fourth-order valence-electron chi connectivity index (χ4n) is 2.37. The number of nitrogen functional groups attached to an aromatic ring is 1. The smallest absolute Gasteiger partial charge is 0.314 e. The maximum Gasteiger partial charge on any atom is 0.314 e. The van der Waals surface area contributed by atoms with Gasteiger partial charge in [-0.05, 0) is 35.7 Å². The fraction of sp³-hybridized carbons (Fsp3) is 0.188. The van der Waals surface area contributed by atoms with Gasteiger partial charge < -0.3 is 20.7 Å². The van der Waals surface area contributed by atoms with Crippen LogP contribution in [0.3, 0.4) is 0 Å². The molecule has 0 bridgehead atoms. The van der Waals surface area contributed by atoms with E-state index < -0.39 is 28.2 Å². The van der Waals surface area contributed by atoms with Crippen molar-refractivity contribution in [3.63, 3.8) is 0 Å². The molecule has 2 aromatic carbocycles. The number of benzene rings is 2. The summed E-state index contributed by atoms with van der Waals surface area (Å²) in [5.41, 5.74) is 6.45. The van der Waals surface area contributed by atoms with Crippen molar-refractivity contribution < 1.29 is 24.7 Å². The van der Waals surface area contributed by atoms with Crippen molar-refractivity contribution in [2.24, 2.45) is 0 Å². The van der Waals surface area contributed by atoms with Crippen molar-refractivity contribution >= 4 is 17.3 Å². The Kier molecular flexibility index (Phi) is 4.88. The summed E-state index contributed by atoms with van der Waals surface area (Å²) in [5, 5.41) is 30.3.